The lowest BCUT2D eigenvalue weighted by molar-refractivity contribution is -0.265. The van der Waals surface area contributed by atoms with Crippen molar-refractivity contribution in [3.05, 3.63) is 65.7 Å². The maximum absolute atomic E-state index is 12.8. The highest BCUT2D eigenvalue weighted by Crippen LogP contribution is 2.27. The lowest BCUT2D eigenvalue weighted by atomic mass is 9.97. The van der Waals surface area contributed by atoms with Gasteiger partial charge >= 0.3 is 11.9 Å². The van der Waals surface area contributed by atoms with Gasteiger partial charge in [-0.1, -0.05) is 35.9 Å². The molecule has 11 heteroatoms. The average Bonchev–Trinajstić information content (AvgIpc) is 2.81. The van der Waals surface area contributed by atoms with Crippen LogP contribution < -0.4 is 10.3 Å². The van der Waals surface area contributed by atoms with E-state index in [0.717, 1.165) is 5.56 Å². The molecule has 34 heavy (non-hydrogen) atoms. The highest BCUT2D eigenvalue weighted by Gasteiger charge is 2.49. The lowest BCUT2D eigenvalue weighted by Crippen LogP contribution is -2.67. The van der Waals surface area contributed by atoms with Crippen molar-refractivity contribution in [2.24, 2.45) is 0 Å². The summed E-state index contributed by atoms with van der Waals surface area (Å²) in [6.45, 7) is 4.69. The van der Waals surface area contributed by atoms with Gasteiger partial charge in [0.05, 0.1) is 16.6 Å². The fourth-order valence-corrected chi connectivity index (χ4v) is 4.45. The van der Waals surface area contributed by atoms with Crippen LogP contribution in [0.2, 0.25) is 0 Å². The number of rotatable bonds is 8. The largest absolute Gasteiger partial charge is 0.458 e. The number of hydrogen-bond acceptors (Lipinski definition) is 9. The Labute approximate surface area is 198 Å². The number of methoxy groups -OCH3 is 1. The molecule has 2 aromatic rings. The van der Waals surface area contributed by atoms with Crippen molar-refractivity contribution >= 4 is 22.0 Å². The number of nitrogens with one attached hydrogen (secondary N) is 2. The molecule has 0 aromatic heterocycles. The molecule has 3 rings (SSSR count). The highest BCUT2D eigenvalue weighted by molar-refractivity contribution is 7.89. The van der Waals surface area contributed by atoms with Gasteiger partial charge in [0.2, 0.25) is 0 Å². The Morgan fingerprint density at radius 3 is 2.21 bits per heavy atom. The molecule has 184 valence electrons. The first-order chi connectivity index (χ1) is 16.1. The van der Waals surface area contributed by atoms with Crippen LogP contribution in [0, 0.1) is 6.92 Å². The van der Waals surface area contributed by atoms with E-state index in [2.05, 4.69) is 10.3 Å². The molecule has 1 aliphatic heterocycles. The average molecular weight is 493 g/mol. The second-order valence-corrected chi connectivity index (χ2v) is 9.53. The van der Waals surface area contributed by atoms with Gasteiger partial charge in [0.1, 0.15) is 12.1 Å². The quantitative estimate of drug-likeness (QED) is 0.418. The van der Waals surface area contributed by atoms with Gasteiger partial charge in [-0.15, -0.1) is 4.83 Å². The Kier molecular flexibility index (Phi) is 8.39. The maximum Gasteiger partial charge on any atom is 0.338 e. The Morgan fingerprint density at radius 2 is 1.62 bits per heavy atom. The van der Waals surface area contributed by atoms with Crippen LogP contribution in [0.25, 0.3) is 0 Å². The van der Waals surface area contributed by atoms with Crippen LogP contribution in [0.3, 0.4) is 0 Å². The number of carbonyl (C=O) groups is 2. The minimum atomic E-state index is -4.00. The summed E-state index contributed by atoms with van der Waals surface area (Å²) in [5, 5.41) is 0. The van der Waals surface area contributed by atoms with Crippen LogP contribution in [0.1, 0.15) is 29.8 Å². The summed E-state index contributed by atoms with van der Waals surface area (Å²) in [6, 6.07) is 13.5. The molecule has 1 aliphatic rings. The zero-order valence-corrected chi connectivity index (χ0v) is 20.1. The molecule has 0 aliphatic carbocycles. The minimum absolute atomic E-state index is 0.0240. The number of hydrogen-bond donors (Lipinski definition) is 2. The predicted molar refractivity (Wildman–Crippen MR) is 121 cm³/mol. The van der Waals surface area contributed by atoms with E-state index in [4.69, 9.17) is 18.9 Å². The van der Waals surface area contributed by atoms with Crippen LogP contribution in [0.4, 0.5) is 0 Å². The van der Waals surface area contributed by atoms with Gasteiger partial charge in [0.25, 0.3) is 10.0 Å². The Morgan fingerprint density at radius 1 is 0.971 bits per heavy atom. The van der Waals surface area contributed by atoms with Crippen LogP contribution in [-0.2, 0) is 33.8 Å². The Bertz CT molecular complexity index is 1090. The molecule has 0 spiro atoms. The summed E-state index contributed by atoms with van der Waals surface area (Å²) >= 11 is 0. The van der Waals surface area contributed by atoms with E-state index in [-0.39, 0.29) is 10.5 Å². The van der Waals surface area contributed by atoms with Gasteiger partial charge < -0.3 is 18.9 Å². The summed E-state index contributed by atoms with van der Waals surface area (Å²) in [6.07, 6.45) is -3.94. The zero-order valence-electron chi connectivity index (χ0n) is 19.3. The topological polar surface area (TPSA) is 129 Å². The summed E-state index contributed by atoms with van der Waals surface area (Å²) in [4.78, 5) is 26.9. The molecule has 10 nitrogen and oxygen atoms in total. The molecule has 1 heterocycles. The molecule has 0 unspecified atom stereocenters. The monoisotopic (exact) mass is 492 g/mol. The second kappa shape index (κ2) is 11.1. The number of hydrazine groups is 1. The number of aryl methyl sites for hydroxylation is 1. The smallest absolute Gasteiger partial charge is 0.338 e. The predicted octanol–water partition coefficient (Wildman–Crippen LogP) is 1.70. The van der Waals surface area contributed by atoms with Crippen LogP contribution >= 0.6 is 0 Å². The van der Waals surface area contributed by atoms with Crippen molar-refractivity contribution in [1.29, 1.82) is 0 Å². The maximum atomic E-state index is 12.8. The van der Waals surface area contributed by atoms with E-state index >= 15 is 0 Å². The number of esters is 2. The van der Waals surface area contributed by atoms with Crippen molar-refractivity contribution in [2.75, 3.05) is 7.11 Å². The van der Waals surface area contributed by atoms with E-state index in [1.165, 1.54) is 26.2 Å². The normalized spacial score (nSPS) is 24.9. The van der Waals surface area contributed by atoms with Crippen molar-refractivity contribution in [3.63, 3.8) is 0 Å². The van der Waals surface area contributed by atoms with E-state index in [0.29, 0.717) is 0 Å². The van der Waals surface area contributed by atoms with Gasteiger partial charge in [-0.2, -0.15) is 0 Å². The highest BCUT2D eigenvalue weighted by atomic mass is 32.2. The van der Waals surface area contributed by atoms with Crippen LogP contribution in [0.15, 0.2) is 59.5 Å². The molecule has 1 saturated heterocycles. The second-order valence-electron chi connectivity index (χ2n) is 7.84. The van der Waals surface area contributed by atoms with Crippen molar-refractivity contribution < 1.29 is 37.0 Å². The molecular formula is C23H28N2O8S. The van der Waals surface area contributed by atoms with Crippen molar-refractivity contribution in [2.45, 2.75) is 56.3 Å². The third kappa shape index (κ3) is 6.19. The van der Waals surface area contributed by atoms with Gasteiger partial charge in [0, 0.05) is 14.0 Å². The molecular weight excluding hydrogens is 464 g/mol. The third-order valence-electron chi connectivity index (χ3n) is 5.27. The molecule has 0 saturated carbocycles. The van der Waals surface area contributed by atoms with E-state index in [9.17, 15) is 18.0 Å². The molecule has 0 bridgehead atoms. The molecule has 0 radical (unpaired) electrons. The first kappa shape index (κ1) is 25.8. The molecule has 2 aromatic carbocycles. The summed E-state index contributed by atoms with van der Waals surface area (Å²) in [7, 11) is -2.64. The Hall–Kier alpha value is -2.83. The first-order valence-electron chi connectivity index (χ1n) is 10.6. The van der Waals surface area contributed by atoms with Gasteiger partial charge in [-0.3, -0.25) is 4.79 Å². The van der Waals surface area contributed by atoms with Gasteiger partial charge in [-0.25, -0.2) is 18.6 Å². The van der Waals surface area contributed by atoms with Crippen LogP contribution in [0.5, 0.6) is 0 Å². The SMILES string of the molecule is CO[C@H]1O[C@H](C)[C@H](OC(C)=O)[C@@H](NNS(=O)(=O)c2ccc(C)cc2)[C@H]1OC(=O)c1ccccc1. The number of carbonyl (C=O) groups excluding carboxylic acids is 2. The molecule has 2 N–H and O–H groups in total. The van der Waals surface area contributed by atoms with Crippen molar-refractivity contribution in [1.82, 2.24) is 10.3 Å². The van der Waals surface area contributed by atoms with Crippen LogP contribution in [-0.4, -0.2) is 58.1 Å². The fraction of sp³-hybridized carbons (Fsp3) is 0.391. The molecule has 1 fully saturated rings. The zero-order chi connectivity index (χ0) is 24.9. The van der Waals surface area contributed by atoms with Gasteiger partial charge in [-0.05, 0) is 38.1 Å². The number of sulfonamides is 1. The summed E-state index contributed by atoms with van der Waals surface area (Å²) in [5.74, 6) is -1.29. The molecule has 5 atom stereocenters. The number of benzene rings is 2. The first-order valence-corrected chi connectivity index (χ1v) is 12.1. The summed E-state index contributed by atoms with van der Waals surface area (Å²) < 4.78 is 47.9. The lowest BCUT2D eigenvalue weighted by Gasteiger charge is -2.44. The summed E-state index contributed by atoms with van der Waals surface area (Å²) in [5.41, 5.74) is 3.86. The molecule has 0 amide bonds. The van der Waals surface area contributed by atoms with Gasteiger partial charge in [0.15, 0.2) is 12.4 Å². The van der Waals surface area contributed by atoms with E-state index < -0.39 is 52.6 Å². The Balaban J connectivity index is 1.90. The minimum Gasteiger partial charge on any atom is -0.458 e. The van der Waals surface area contributed by atoms with E-state index in [1.54, 1.807) is 49.4 Å². The standard InChI is InChI=1S/C23H28N2O8S/c1-14-10-12-18(13-11-14)34(28,29)25-24-19-20(32-16(3)26)15(2)31-23(30-4)21(19)33-22(27)17-8-6-5-7-9-17/h5-13,15,19-21,23-25H,1-4H3/t15-,19-,20+,21-,23+/m1/s1. The van der Waals surface area contributed by atoms with Crippen molar-refractivity contribution in [3.8, 4) is 0 Å². The number of ether oxygens (including phenoxy) is 4. The fourth-order valence-electron chi connectivity index (χ4n) is 3.55. The van der Waals surface area contributed by atoms with E-state index in [1.807, 2.05) is 6.92 Å². The third-order valence-corrected chi connectivity index (χ3v) is 6.55.